The molecule has 0 aliphatic rings. The fourth-order valence-electron chi connectivity index (χ4n) is 0.910. The predicted octanol–water partition coefficient (Wildman–Crippen LogP) is 1.50. The molecule has 0 radical (unpaired) electrons. The van der Waals surface area contributed by atoms with Gasteiger partial charge in [-0.25, -0.2) is 9.97 Å². The van der Waals surface area contributed by atoms with Gasteiger partial charge >= 0.3 is 5.97 Å². The maximum absolute atomic E-state index is 11.0. The first-order chi connectivity index (χ1) is 7.33. The quantitative estimate of drug-likeness (QED) is 0.636. The summed E-state index contributed by atoms with van der Waals surface area (Å²) in [7, 11) is 3.68. The fourth-order valence-corrected chi connectivity index (χ4v) is 1.78. The smallest absolute Gasteiger partial charge is 0.319 e. The topological polar surface area (TPSA) is 66.3 Å². The second kappa shape index (κ2) is 4.69. The molecule has 88 valence electrons. The zero-order chi connectivity index (χ0) is 12.3. The van der Waals surface area contributed by atoms with Crippen LogP contribution in [0.25, 0.3) is 0 Å². The average Bonchev–Trinajstić information content (AvgIpc) is 2.17. The zero-order valence-electron chi connectivity index (χ0n) is 9.76. The molecule has 0 saturated heterocycles. The molecule has 0 saturated carbocycles. The van der Waals surface area contributed by atoms with Crippen LogP contribution in [0.2, 0.25) is 0 Å². The van der Waals surface area contributed by atoms with Gasteiger partial charge in [-0.3, -0.25) is 4.79 Å². The molecule has 16 heavy (non-hydrogen) atoms. The van der Waals surface area contributed by atoms with Crippen LogP contribution in [-0.4, -0.2) is 39.9 Å². The second-order valence-electron chi connectivity index (χ2n) is 4.01. The molecule has 0 amide bonds. The van der Waals surface area contributed by atoms with Gasteiger partial charge in [0.1, 0.15) is 9.77 Å². The van der Waals surface area contributed by atoms with Crippen LogP contribution in [0.3, 0.4) is 0 Å². The Morgan fingerprint density at radius 1 is 1.50 bits per heavy atom. The van der Waals surface area contributed by atoms with Crippen LogP contribution in [0, 0.1) is 0 Å². The molecular formula is C10H15N3O2S. The highest BCUT2D eigenvalue weighted by molar-refractivity contribution is 8.01. The van der Waals surface area contributed by atoms with Gasteiger partial charge in [0.05, 0.1) is 0 Å². The van der Waals surface area contributed by atoms with Crippen LogP contribution in [0.4, 0.5) is 5.95 Å². The number of hydrogen-bond donors (Lipinski definition) is 1. The molecule has 1 aromatic heterocycles. The van der Waals surface area contributed by atoms with Crippen molar-refractivity contribution in [2.75, 3.05) is 19.0 Å². The summed E-state index contributed by atoms with van der Waals surface area (Å²) in [6.07, 6.45) is 1.63. The molecule has 0 spiro atoms. The molecule has 1 aromatic rings. The Balaban J connectivity index is 2.90. The Morgan fingerprint density at radius 2 is 2.12 bits per heavy atom. The lowest BCUT2D eigenvalue weighted by molar-refractivity contribution is -0.138. The van der Waals surface area contributed by atoms with Gasteiger partial charge in [-0.05, 0) is 19.9 Å². The number of rotatable bonds is 4. The van der Waals surface area contributed by atoms with E-state index in [0.29, 0.717) is 11.0 Å². The molecule has 1 N–H and O–H groups in total. The number of aromatic nitrogens is 2. The lowest BCUT2D eigenvalue weighted by Crippen LogP contribution is -2.27. The molecule has 0 aliphatic carbocycles. The normalized spacial score (nSPS) is 11.2. The van der Waals surface area contributed by atoms with Gasteiger partial charge in [0.15, 0.2) is 0 Å². The summed E-state index contributed by atoms with van der Waals surface area (Å²) in [6.45, 7) is 3.30. The van der Waals surface area contributed by atoms with Gasteiger partial charge in [-0.2, -0.15) is 0 Å². The van der Waals surface area contributed by atoms with E-state index in [-0.39, 0.29) is 0 Å². The lowest BCUT2D eigenvalue weighted by Gasteiger charge is -2.18. The largest absolute Gasteiger partial charge is 0.480 e. The van der Waals surface area contributed by atoms with Crippen LogP contribution in [-0.2, 0) is 4.79 Å². The van der Waals surface area contributed by atoms with Crippen molar-refractivity contribution in [1.29, 1.82) is 0 Å². The number of hydrogen-bond acceptors (Lipinski definition) is 5. The number of carboxylic acid groups (broad SMARTS) is 1. The van der Waals surface area contributed by atoms with Crippen molar-refractivity contribution in [2.45, 2.75) is 23.6 Å². The average molecular weight is 241 g/mol. The van der Waals surface area contributed by atoms with Gasteiger partial charge < -0.3 is 10.0 Å². The molecule has 6 heteroatoms. The van der Waals surface area contributed by atoms with Gasteiger partial charge in [-0.15, -0.1) is 0 Å². The van der Waals surface area contributed by atoms with Crippen molar-refractivity contribution in [3.8, 4) is 0 Å². The molecule has 5 nitrogen and oxygen atoms in total. The summed E-state index contributed by atoms with van der Waals surface area (Å²) in [5.41, 5.74) is 0. The SMILES string of the molecule is CN(C)c1nccc(SC(C)(C)C(=O)O)n1. The van der Waals surface area contributed by atoms with Crippen molar-refractivity contribution in [1.82, 2.24) is 9.97 Å². The van der Waals surface area contributed by atoms with E-state index in [2.05, 4.69) is 9.97 Å². The van der Waals surface area contributed by atoms with Crippen LogP contribution in [0.5, 0.6) is 0 Å². The minimum absolute atomic E-state index is 0.575. The highest BCUT2D eigenvalue weighted by Crippen LogP contribution is 2.31. The Labute approximate surface area is 98.9 Å². The first-order valence-electron chi connectivity index (χ1n) is 4.76. The molecule has 0 aromatic carbocycles. The van der Waals surface area contributed by atoms with Crippen LogP contribution >= 0.6 is 11.8 Å². The molecule has 0 bridgehead atoms. The Morgan fingerprint density at radius 3 is 2.62 bits per heavy atom. The van der Waals surface area contributed by atoms with Crippen molar-refractivity contribution >= 4 is 23.7 Å². The van der Waals surface area contributed by atoms with E-state index >= 15 is 0 Å². The Hall–Kier alpha value is -1.30. The summed E-state index contributed by atoms with van der Waals surface area (Å²) in [6, 6.07) is 1.71. The maximum atomic E-state index is 11.0. The van der Waals surface area contributed by atoms with Gasteiger partial charge in [0.25, 0.3) is 0 Å². The third kappa shape index (κ3) is 3.10. The number of nitrogens with zero attached hydrogens (tertiary/aromatic N) is 3. The van der Waals surface area contributed by atoms with Crippen LogP contribution < -0.4 is 4.90 Å². The molecule has 0 atom stereocenters. The van der Waals surface area contributed by atoms with E-state index in [0.717, 1.165) is 0 Å². The van der Waals surface area contributed by atoms with E-state index in [1.165, 1.54) is 11.8 Å². The van der Waals surface area contributed by atoms with Gasteiger partial charge in [-0.1, -0.05) is 11.8 Å². The van der Waals surface area contributed by atoms with Crippen LogP contribution in [0.1, 0.15) is 13.8 Å². The highest BCUT2D eigenvalue weighted by atomic mass is 32.2. The molecule has 0 unspecified atom stereocenters. The molecule has 0 fully saturated rings. The van der Waals surface area contributed by atoms with Gasteiger partial charge in [0.2, 0.25) is 5.95 Å². The fraction of sp³-hybridized carbons (Fsp3) is 0.500. The second-order valence-corrected chi connectivity index (χ2v) is 5.65. The van der Waals surface area contributed by atoms with Crippen molar-refractivity contribution in [3.05, 3.63) is 12.3 Å². The monoisotopic (exact) mass is 241 g/mol. The van der Waals surface area contributed by atoms with E-state index in [1.807, 2.05) is 14.1 Å². The summed E-state index contributed by atoms with van der Waals surface area (Å²) < 4.78 is -0.891. The molecule has 1 rings (SSSR count). The third-order valence-corrected chi connectivity index (χ3v) is 3.01. The highest BCUT2D eigenvalue weighted by Gasteiger charge is 2.29. The number of aliphatic carboxylic acids is 1. The van der Waals surface area contributed by atoms with Crippen molar-refractivity contribution in [2.24, 2.45) is 0 Å². The lowest BCUT2D eigenvalue weighted by atomic mass is 10.2. The Bertz CT molecular complexity index is 393. The number of carboxylic acids is 1. The summed E-state index contributed by atoms with van der Waals surface area (Å²) in [5.74, 6) is -0.284. The Kier molecular flexibility index (Phi) is 3.74. The summed E-state index contributed by atoms with van der Waals surface area (Å²) >= 11 is 1.21. The maximum Gasteiger partial charge on any atom is 0.319 e. The number of carbonyl (C=O) groups is 1. The van der Waals surface area contributed by atoms with E-state index in [9.17, 15) is 4.79 Å². The van der Waals surface area contributed by atoms with Crippen molar-refractivity contribution < 1.29 is 9.90 Å². The first kappa shape index (κ1) is 12.8. The van der Waals surface area contributed by atoms with E-state index in [1.54, 1.807) is 31.0 Å². The predicted molar refractivity (Wildman–Crippen MR) is 63.9 cm³/mol. The minimum Gasteiger partial charge on any atom is -0.480 e. The summed E-state index contributed by atoms with van der Waals surface area (Å²) in [5, 5.41) is 9.66. The third-order valence-electron chi connectivity index (χ3n) is 1.89. The standard InChI is InChI=1S/C10H15N3O2S/c1-10(2,8(14)15)16-7-5-6-11-9(12-7)13(3)4/h5-6H,1-4H3,(H,14,15). The molecular weight excluding hydrogens is 226 g/mol. The number of anilines is 1. The van der Waals surface area contributed by atoms with E-state index < -0.39 is 10.7 Å². The number of thioether (sulfide) groups is 1. The van der Waals surface area contributed by atoms with E-state index in [4.69, 9.17) is 5.11 Å². The molecule has 0 aliphatic heterocycles. The van der Waals surface area contributed by atoms with Gasteiger partial charge in [0, 0.05) is 20.3 Å². The minimum atomic E-state index is -0.891. The van der Waals surface area contributed by atoms with Crippen molar-refractivity contribution in [3.63, 3.8) is 0 Å². The molecule has 1 heterocycles. The summed E-state index contributed by atoms with van der Waals surface area (Å²) in [4.78, 5) is 21.1. The zero-order valence-corrected chi connectivity index (χ0v) is 10.6. The first-order valence-corrected chi connectivity index (χ1v) is 5.57. The van der Waals surface area contributed by atoms with Crippen LogP contribution in [0.15, 0.2) is 17.3 Å².